The van der Waals surface area contributed by atoms with E-state index in [9.17, 15) is 27.2 Å². The van der Waals surface area contributed by atoms with Crippen LogP contribution >= 0.6 is 11.3 Å². The Bertz CT molecular complexity index is 1120. The zero-order chi connectivity index (χ0) is 22.6. The summed E-state index contributed by atoms with van der Waals surface area (Å²) >= 11 is 1.38. The summed E-state index contributed by atoms with van der Waals surface area (Å²) < 4.78 is 59.7. The van der Waals surface area contributed by atoms with Gasteiger partial charge in [0.2, 0.25) is 0 Å². The van der Waals surface area contributed by atoms with Crippen LogP contribution in [0.15, 0.2) is 45.9 Å². The van der Waals surface area contributed by atoms with E-state index in [1.807, 2.05) is 0 Å². The Labute approximate surface area is 176 Å². The number of thiophene rings is 1. The topological polar surface area (TPSA) is 93.3 Å². The van der Waals surface area contributed by atoms with Crippen LogP contribution in [0.25, 0.3) is 11.4 Å². The Morgan fingerprint density at radius 3 is 2.68 bits per heavy atom. The summed E-state index contributed by atoms with van der Waals surface area (Å²) in [5.74, 6) is -2.82. The van der Waals surface area contributed by atoms with E-state index in [0.29, 0.717) is 5.56 Å². The number of nitrogens with zero attached hydrogens (tertiary/aromatic N) is 1. The Balaban J connectivity index is 1.84. The molecule has 12 heteroatoms. The van der Waals surface area contributed by atoms with Gasteiger partial charge in [0.15, 0.2) is 11.6 Å². The molecule has 2 aromatic heterocycles. The van der Waals surface area contributed by atoms with E-state index in [0.717, 1.165) is 24.3 Å². The van der Waals surface area contributed by atoms with Crippen LogP contribution in [0.4, 0.5) is 17.6 Å². The van der Waals surface area contributed by atoms with Crippen LogP contribution in [0.5, 0.6) is 5.75 Å². The van der Waals surface area contributed by atoms with E-state index >= 15 is 0 Å². The molecule has 0 fully saturated rings. The average molecular weight is 457 g/mol. The van der Waals surface area contributed by atoms with Crippen LogP contribution in [0.1, 0.15) is 22.1 Å². The lowest BCUT2D eigenvalue weighted by atomic mass is 10.1. The summed E-state index contributed by atoms with van der Waals surface area (Å²) in [6, 6.07) is 4.54. The molecule has 31 heavy (non-hydrogen) atoms. The van der Waals surface area contributed by atoms with Crippen molar-refractivity contribution in [3.63, 3.8) is 0 Å². The van der Waals surface area contributed by atoms with Crippen molar-refractivity contribution in [2.75, 3.05) is 13.7 Å². The number of amides is 1. The molecule has 1 atom stereocenters. The zero-order valence-corrected chi connectivity index (χ0v) is 16.6. The van der Waals surface area contributed by atoms with Gasteiger partial charge >= 0.3 is 6.36 Å². The van der Waals surface area contributed by atoms with Gasteiger partial charge in [-0.3, -0.25) is 9.59 Å². The molecule has 0 radical (unpaired) electrons. The van der Waals surface area contributed by atoms with Crippen molar-refractivity contribution in [2.24, 2.45) is 0 Å². The number of nitrogens with one attached hydrogen (secondary N) is 2. The first-order chi connectivity index (χ1) is 14.7. The summed E-state index contributed by atoms with van der Waals surface area (Å²) in [5.41, 5.74) is 0.00512. The number of hydrogen-bond donors (Lipinski definition) is 2. The van der Waals surface area contributed by atoms with Crippen LogP contribution in [0.3, 0.4) is 0 Å². The van der Waals surface area contributed by atoms with Crippen LogP contribution in [0, 0.1) is 5.82 Å². The molecular weight excluding hydrogens is 442 g/mol. The zero-order valence-electron chi connectivity index (χ0n) is 15.8. The van der Waals surface area contributed by atoms with Gasteiger partial charge in [-0.15, -0.1) is 13.2 Å². The maximum Gasteiger partial charge on any atom is 0.573 e. The van der Waals surface area contributed by atoms with Crippen molar-refractivity contribution in [2.45, 2.75) is 12.4 Å². The second kappa shape index (κ2) is 9.27. The lowest BCUT2D eigenvalue weighted by Crippen LogP contribution is -2.33. The number of benzene rings is 1. The van der Waals surface area contributed by atoms with Gasteiger partial charge in [-0.1, -0.05) is 6.07 Å². The molecule has 3 rings (SSSR count). The molecule has 2 N–H and O–H groups in total. The number of ether oxygens (including phenoxy) is 2. The molecule has 1 amide bonds. The number of halogens is 4. The van der Waals surface area contributed by atoms with Crippen LogP contribution in [-0.4, -0.2) is 36.0 Å². The molecule has 0 saturated carbocycles. The number of carbonyl (C=O) groups is 1. The smallest absolute Gasteiger partial charge is 0.403 e. The maximum absolute atomic E-state index is 14.1. The van der Waals surface area contributed by atoms with Crippen molar-refractivity contribution >= 4 is 17.2 Å². The first-order valence-corrected chi connectivity index (χ1v) is 9.59. The molecule has 0 aliphatic carbocycles. The molecule has 2 heterocycles. The quantitative estimate of drug-likeness (QED) is 0.529. The Hall–Kier alpha value is -3.25. The fraction of sp³-hybridized carbons (Fsp3) is 0.211. The van der Waals surface area contributed by atoms with Crippen LogP contribution < -0.4 is 15.6 Å². The van der Waals surface area contributed by atoms with Crippen molar-refractivity contribution in [1.29, 1.82) is 0 Å². The molecule has 1 aromatic carbocycles. The van der Waals surface area contributed by atoms with Crippen LogP contribution in [-0.2, 0) is 4.74 Å². The summed E-state index contributed by atoms with van der Waals surface area (Å²) in [6.45, 7) is -0.120. The highest BCUT2D eigenvalue weighted by Crippen LogP contribution is 2.28. The summed E-state index contributed by atoms with van der Waals surface area (Å²) in [7, 11) is 1.33. The van der Waals surface area contributed by atoms with Gasteiger partial charge in [0.05, 0.1) is 12.6 Å². The highest BCUT2D eigenvalue weighted by molar-refractivity contribution is 7.08. The molecule has 3 aromatic rings. The molecule has 0 spiro atoms. The second-order valence-electron chi connectivity index (χ2n) is 6.21. The largest absolute Gasteiger partial charge is 0.573 e. The van der Waals surface area contributed by atoms with Crippen molar-refractivity contribution in [1.82, 2.24) is 15.3 Å². The van der Waals surface area contributed by atoms with Crippen molar-refractivity contribution < 1.29 is 31.8 Å². The van der Waals surface area contributed by atoms with E-state index in [2.05, 4.69) is 20.0 Å². The lowest BCUT2D eigenvalue weighted by Gasteiger charge is -2.19. The Morgan fingerprint density at radius 1 is 1.29 bits per heavy atom. The van der Waals surface area contributed by atoms with E-state index in [1.165, 1.54) is 18.4 Å². The minimum atomic E-state index is -5.05. The number of rotatable bonds is 7. The lowest BCUT2D eigenvalue weighted by molar-refractivity contribution is -0.275. The molecule has 7 nitrogen and oxygen atoms in total. The van der Waals surface area contributed by atoms with Gasteiger partial charge in [0.1, 0.15) is 11.5 Å². The summed E-state index contributed by atoms with van der Waals surface area (Å²) in [6.07, 6.45) is -5.05. The van der Waals surface area contributed by atoms with Crippen molar-refractivity contribution in [3.05, 3.63) is 68.5 Å². The fourth-order valence-corrected chi connectivity index (χ4v) is 3.31. The minimum Gasteiger partial charge on any atom is -0.403 e. The number of methoxy groups -OCH3 is 1. The first kappa shape index (κ1) is 22.4. The molecule has 0 unspecified atom stereocenters. The number of alkyl halides is 3. The first-order valence-electron chi connectivity index (χ1n) is 8.65. The third kappa shape index (κ3) is 5.89. The summed E-state index contributed by atoms with van der Waals surface area (Å²) in [4.78, 5) is 31.3. The van der Waals surface area contributed by atoms with Gasteiger partial charge in [0, 0.05) is 24.1 Å². The normalized spacial score (nSPS) is 12.4. The number of hydrogen-bond acceptors (Lipinski definition) is 6. The third-order valence-electron chi connectivity index (χ3n) is 3.99. The standard InChI is InChI=1S/C19H15F4N3O4S/c1-29-8-14(10-2-3-15(12(20)6-10)30-19(21,22)23)25-18(28)13-7-16(27)26-17(24-13)11-4-5-31-9-11/h2-7,9,14H,8H2,1H3,(H,25,28)(H,24,26,27)/t14-/m1/s1. The van der Waals surface area contributed by atoms with Gasteiger partial charge in [-0.25, -0.2) is 9.37 Å². The number of H-pyrrole nitrogens is 1. The van der Waals surface area contributed by atoms with E-state index in [4.69, 9.17) is 4.74 Å². The highest BCUT2D eigenvalue weighted by Gasteiger charge is 2.32. The van der Waals surface area contributed by atoms with Gasteiger partial charge in [0.25, 0.3) is 11.5 Å². The molecule has 0 saturated heterocycles. The Morgan fingerprint density at radius 2 is 2.06 bits per heavy atom. The van der Waals surface area contributed by atoms with E-state index in [-0.39, 0.29) is 23.7 Å². The molecule has 164 valence electrons. The average Bonchev–Trinajstić information content (AvgIpc) is 3.22. The number of aromatic nitrogens is 2. The number of carbonyl (C=O) groups excluding carboxylic acids is 1. The summed E-state index contributed by atoms with van der Waals surface area (Å²) in [5, 5.41) is 6.05. The molecular formula is C19H15F4N3O4S. The predicted molar refractivity (Wildman–Crippen MR) is 103 cm³/mol. The third-order valence-corrected chi connectivity index (χ3v) is 4.67. The highest BCUT2D eigenvalue weighted by atomic mass is 32.1. The second-order valence-corrected chi connectivity index (χ2v) is 6.99. The molecule has 0 bridgehead atoms. The van der Waals surface area contributed by atoms with Crippen LogP contribution in [0.2, 0.25) is 0 Å². The molecule has 0 aliphatic heterocycles. The fourth-order valence-electron chi connectivity index (χ4n) is 2.67. The van der Waals surface area contributed by atoms with E-state index < -0.39 is 35.4 Å². The number of aromatic amines is 1. The minimum absolute atomic E-state index is 0.120. The maximum atomic E-state index is 14.1. The molecule has 0 aliphatic rings. The monoisotopic (exact) mass is 457 g/mol. The SMILES string of the molecule is COC[C@@H](NC(=O)c1cc(=O)[nH]c(-c2ccsc2)n1)c1ccc(OC(F)(F)F)c(F)c1. The predicted octanol–water partition coefficient (Wildman–Crippen LogP) is 3.65. The van der Waals surface area contributed by atoms with Crippen molar-refractivity contribution in [3.8, 4) is 17.1 Å². The van der Waals surface area contributed by atoms with Gasteiger partial charge in [-0.05, 0) is 29.1 Å². The van der Waals surface area contributed by atoms with Gasteiger partial charge < -0.3 is 19.8 Å². The van der Waals surface area contributed by atoms with Gasteiger partial charge in [-0.2, -0.15) is 11.3 Å². The van der Waals surface area contributed by atoms with E-state index in [1.54, 1.807) is 16.8 Å². The Kier molecular flexibility index (Phi) is 6.71.